The lowest BCUT2D eigenvalue weighted by atomic mass is 10.1. The quantitative estimate of drug-likeness (QED) is 0.242. The van der Waals surface area contributed by atoms with Crippen LogP contribution in [0.15, 0.2) is 59.6 Å². The van der Waals surface area contributed by atoms with Crippen molar-refractivity contribution >= 4 is 35.8 Å². The first kappa shape index (κ1) is 28.1. The van der Waals surface area contributed by atoms with Crippen LogP contribution in [-0.4, -0.2) is 61.4 Å². The van der Waals surface area contributed by atoms with Crippen LogP contribution >= 0.6 is 24.0 Å². The van der Waals surface area contributed by atoms with E-state index in [2.05, 4.69) is 70.8 Å². The molecule has 0 saturated carbocycles. The molecule has 0 aromatic heterocycles. The Kier molecular flexibility index (Phi) is 12.4. The molecular weight excluding hydrogens is 537 g/mol. The van der Waals surface area contributed by atoms with Gasteiger partial charge >= 0.3 is 0 Å². The van der Waals surface area contributed by atoms with Gasteiger partial charge in [0.15, 0.2) is 5.96 Å². The van der Waals surface area contributed by atoms with Gasteiger partial charge in [0.25, 0.3) is 0 Å². The minimum absolute atomic E-state index is 0. The van der Waals surface area contributed by atoms with Crippen LogP contribution < -0.4 is 10.6 Å². The lowest BCUT2D eigenvalue weighted by Crippen LogP contribution is -2.40. The SMILES string of the molecule is CCN(CC)Cc1ccc(CNC(=NC)NCC2CC(=O)N(CCc3ccccc3)C2)cc1.I. The predicted molar refractivity (Wildman–Crippen MR) is 152 cm³/mol. The predicted octanol–water partition coefficient (Wildman–Crippen LogP) is 3.90. The summed E-state index contributed by atoms with van der Waals surface area (Å²) < 4.78 is 0. The molecule has 1 amide bonds. The molecule has 2 aromatic rings. The number of halogens is 1. The zero-order valence-electron chi connectivity index (χ0n) is 20.8. The number of carbonyl (C=O) groups is 1. The molecule has 186 valence electrons. The van der Waals surface area contributed by atoms with Gasteiger partial charge in [0.05, 0.1) is 0 Å². The lowest BCUT2D eigenvalue weighted by molar-refractivity contribution is -0.127. The maximum absolute atomic E-state index is 12.4. The van der Waals surface area contributed by atoms with Crippen molar-refractivity contribution in [3.63, 3.8) is 0 Å². The summed E-state index contributed by atoms with van der Waals surface area (Å²) in [6.45, 7) is 10.6. The van der Waals surface area contributed by atoms with Crippen molar-refractivity contribution < 1.29 is 4.79 Å². The van der Waals surface area contributed by atoms with Crippen LogP contribution in [0.1, 0.15) is 37.0 Å². The number of hydrogen-bond acceptors (Lipinski definition) is 3. The molecule has 1 saturated heterocycles. The molecule has 1 aliphatic heterocycles. The number of likely N-dealkylation sites (tertiary alicyclic amines) is 1. The highest BCUT2D eigenvalue weighted by Gasteiger charge is 2.29. The Labute approximate surface area is 222 Å². The van der Waals surface area contributed by atoms with Crippen molar-refractivity contribution in [2.24, 2.45) is 10.9 Å². The van der Waals surface area contributed by atoms with E-state index in [4.69, 9.17) is 0 Å². The molecule has 0 spiro atoms. The Morgan fingerprint density at radius 2 is 1.68 bits per heavy atom. The molecule has 1 heterocycles. The molecule has 34 heavy (non-hydrogen) atoms. The van der Waals surface area contributed by atoms with Gasteiger partial charge in [-0.25, -0.2) is 0 Å². The molecule has 1 aliphatic rings. The first-order valence-corrected chi connectivity index (χ1v) is 12.2. The largest absolute Gasteiger partial charge is 0.356 e. The van der Waals surface area contributed by atoms with Crippen LogP contribution in [0.4, 0.5) is 0 Å². The summed E-state index contributed by atoms with van der Waals surface area (Å²) in [6.07, 6.45) is 1.51. The minimum atomic E-state index is 0. The fourth-order valence-electron chi connectivity index (χ4n) is 4.23. The van der Waals surface area contributed by atoms with Gasteiger partial charge in [-0.1, -0.05) is 68.4 Å². The molecule has 2 N–H and O–H groups in total. The van der Waals surface area contributed by atoms with E-state index in [0.717, 1.165) is 58.2 Å². The van der Waals surface area contributed by atoms with Gasteiger partial charge in [0.1, 0.15) is 0 Å². The van der Waals surface area contributed by atoms with Crippen molar-refractivity contribution in [2.45, 2.75) is 39.8 Å². The number of aliphatic imine (C=N–C) groups is 1. The third-order valence-electron chi connectivity index (χ3n) is 6.37. The Bertz CT molecular complexity index is 884. The second-order valence-corrected chi connectivity index (χ2v) is 8.73. The van der Waals surface area contributed by atoms with Gasteiger partial charge in [-0.2, -0.15) is 0 Å². The second-order valence-electron chi connectivity index (χ2n) is 8.73. The van der Waals surface area contributed by atoms with Crippen molar-refractivity contribution in [3.05, 3.63) is 71.3 Å². The zero-order chi connectivity index (χ0) is 23.5. The molecule has 2 aromatic carbocycles. The van der Waals surface area contributed by atoms with Crippen molar-refractivity contribution in [1.29, 1.82) is 0 Å². The lowest BCUT2D eigenvalue weighted by Gasteiger charge is -2.18. The smallest absolute Gasteiger partial charge is 0.223 e. The highest BCUT2D eigenvalue weighted by Crippen LogP contribution is 2.17. The number of hydrogen-bond donors (Lipinski definition) is 2. The molecule has 1 unspecified atom stereocenters. The Balaban J connectivity index is 0.00000408. The van der Waals surface area contributed by atoms with E-state index in [0.29, 0.717) is 12.3 Å². The second kappa shape index (κ2) is 15.0. The summed E-state index contributed by atoms with van der Waals surface area (Å²) in [5.41, 5.74) is 3.84. The summed E-state index contributed by atoms with van der Waals surface area (Å²) in [5.74, 6) is 1.34. The van der Waals surface area contributed by atoms with Gasteiger partial charge in [0.2, 0.25) is 5.91 Å². The fourth-order valence-corrected chi connectivity index (χ4v) is 4.23. The van der Waals surface area contributed by atoms with Gasteiger partial charge in [0, 0.05) is 52.1 Å². The Morgan fingerprint density at radius 1 is 1.00 bits per heavy atom. The molecule has 0 bridgehead atoms. The van der Waals surface area contributed by atoms with E-state index in [1.165, 1.54) is 16.7 Å². The Morgan fingerprint density at radius 3 is 2.32 bits per heavy atom. The van der Waals surface area contributed by atoms with E-state index in [1.54, 1.807) is 7.05 Å². The number of nitrogens with zero attached hydrogens (tertiary/aromatic N) is 3. The van der Waals surface area contributed by atoms with Crippen LogP contribution in [0.3, 0.4) is 0 Å². The summed E-state index contributed by atoms with van der Waals surface area (Å²) >= 11 is 0. The molecule has 6 nitrogen and oxygen atoms in total. The average Bonchev–Trinajstić information content (AvgIpc) is 3.22. The summed E-state index contributed by atoms with van der Waals surface area (Å²) in [6, 6.07) is 19.1. The van der Waals surface area contributed by atoms with Crippen LogP contribution in [0, 0.1) is 5.92 Å². The third-order valence-corrected chi connectivity index (χ3v) is 6.37. The summed E-state index contributed by atoms with van der Waals surface area (Å²) in [7, 11) is 1.79. The number of nitrogens with one attached hydrogen (secondary N) is 2. The highest BCUT2D eigenvalue weighted by molar-refractivity contribution is 14.0. The fraction of sp³-hybridized carbons (Fsp3) is 0.481. The summed E-state index contributed by atoms with van der Waals surface area (Å²) in [5, 5.41) is 6.79. The standard InChI is InChI=1S/C27H39N5O.HI/c1-4-31(5-2)20-24-13-11-23(12-14-24)18-29-27(28-3)30-19-25-17-26(33)32(21-25)16-15-22-9-7-6-8-10-22;/h6-14,25H,4-5,15-21H2,1-3H3,(H2,28,29,30);1H. The van der Waals surface area contributed by atoms with E-state index in [-0.39, 0.29) is 29.9 Å². The van der Waals surface area contributed by atoms with Gasteiger partial charge < -0.3 is 15.5 Å². The maximum atomic E-state index is 12.4. The van der Waals surface area contributed by atoms with Gasteiger partial charge in [-0.15, -0.1) is 24.0 Å². The molecule has 1 atom stereocenters. The van der Waals surface area contributed by atoms with Crippen molar-refractivity contribution in [2.75, 3.05) is 39.8 Å². The van der Waals surface area contributed by atoms with Crippen LogP contribution in [0.5, 0.6) is 0 Å². The normalized spacial score (nSPS) is 16.0. The molecule has 0 aliphatic carbocycles. The topological polar surface area (TPSA) is 60.0 Å². The third kappa shape index (κ3) is 8.91. The van der Waals surface area contributed by atoms with Gasteiger partial charge in [-0.05, 0) is 36.2 Å². The van der Waals surface area contributed by atoms with E-state index >= 15 is 0 Å². The summed E-state index contributed by atoms with van der Waals surface area (Å²) in [4.78, 5) is 21.2. The maximum Gasteiger partial charge on any atom is 0.223 e. The molecular formula is C27H40IN5O. The van der Waals surface area contributed by atoms with Crippen LogP contribution in [0.25, 0.3) is 0 Å². The van der Waals surface area contributed by atoms with Crippen molar-refractivity contribution in [3.8, 4) is 0 Å². The number of rotatable bonds is 11. The first-order valence-electron chi connectivity index (χ1n) is 12.2. The number of guanidine groups is 1. The zero-order valence-corrected chi connectivity index (χ0v) is 23.1. The first-order chi connectivity index (χ1) is 16.1. The molecule has 1 fully saturated rings. The van der Waals surface area contributed by atoms with Crippen LogP contribution in [-0.2, 0) is 24.3 Å². The molecule has 0 radical (unpaired) electrons. The monoisotopic (exact) mass is 577 g/mol. The van der Waals surface area contributed by atoms with E-state index in [1.807, 2.05) is 23.1 Å². The van der Waals surface area contributed by atoms with Gasteiger partial charge in [-0.3, -0.25) is 14.7 Å². The van der Waals surface area contributed by atoms with Crippen molar-refractivity contribution in [1.82, 2.24) is 20.4 Å². The van der Waals surface area contributed by atoms with E-state index in [9.17, 15) is 4.79 Å². The average molecular weight is 578 g/mol. The molecule has 3 rings (SSSR count). The Hall–Kier alpha value is -2.13. The van der Waals surface area contributed by atoms with E-state index < -0.39 is 0 Å². The minimum Gasteiger partial charge on any atom is -0.356 e. The number of amides is 1. The highest BCUT2D eigenvalue weighted by atomic mass is 127. The number of benzene rings is 2. The number of carbonyl (C=O) groups excluding carboxylic acids is 1. The van der Waals surface area contributed by atoms with Crippen LogP contribution in [0.2, 0.25) is 0 Å². The molecule has 7 heteroatoms.